The number of carbonyl (C=O) groups excluding carboxylic acids is 1. The van der Waals surface area contributed by atoms with Gasteiger partial charge in [-0.2, -0.15) is 0 Å². The van der Waals surface area contributed by atoms with Crippen LogP contribution >= 0.6 is 0 Å². The average molecular weight is 355 g/mol. The zero-order valence-corrected chi connectivity index (χ0v) is 15.2. The number of aromatic nitrogens is 1. The first-order valence-electron chi connectivity index (χ1n) is 8.81. The maximum atomic E-state index is 12.8. The van der Waals surface area contributed by atoms with Crippen LogP contribution in [0.5, 0.6) is 0 Å². The average Bonchev–Trinajstić information content (AvgIpc) is 2.68. The van der Waals surface area contributed by atoms with Crippen molar-refractivity contribution in [3.8, 4) is 0 Å². The van der Waals surface area contributed by atoms with Crippen molar-refractivity contribution in [2.45, 2.75) is 25.2 Å². The van der Waals surface area contributed by atoms with Crippen molar-refractivity contribution in [2.24, 2.45) is 0 Å². The highest BCUT2D eigenvalue weighted by molar-refractivity contribution is 5.99. The molecule has 1 fully saturated rings. The number of nitrogens with one attached hydrogen (secondary N) is 1. The van der Waals surface area contributed by atoms with E-state index in [1.165, 1.54) is 0 Å². The lowest BCUT2D eigenvalue weighted by atomic mass is 10.0. The summed E-state index contributed by atoms with van der Waals surface area (Å²) in [5.41, 5.74) is 1.66. The molecule has 6 nitrogen and oxygen atoms in total. The number of hydrogen-bond donors (Lipinski definition) is 1. The molecule has 6 heteroatoms. The van der Waals surface area contributed by atoms with Crippen molar-refractivity contribution in [3.05, 3.63) is 59.8 Å². The maximum absolute atomic E-state index is 12.8. The standard InChI is InChI=1S/C20H25N3O3/c1-23(2)19-16(9-6-11-21-19)20(24)22-17-10-12-25-14-18(17)26-13-15-7-4-3-5-8-15/h3-9,11,17-18H,10,12-14H2,1-2H3,(H,22,24)/t17-,18-/m1/s1. The number of anilines is 1. The molecule has 1 aliphatic heterocycles. The maximum Gasteiger partial charge on any atom is 0.255 e. The summed E-state index contributed by atoms with van der Waals surface area (Å²) in [4.78, 5) is 18.9. The van der Waals surface area contributed by atoms with E-state index in [4.69, 9.17) is 9.47 Å². The van der Waals surface area contributed by atoms with E-state index in [1.54, 1.807) is 18.3 Å². The third-order valence-electron chi connectivity index (χ3n) is 4.38. The van der Waals surface area contributed by atoms with Crippen LogP contribution in [0.1, 0.15) is 22.3 Å². The van der Waals surface area contributed by atoms with E-state index in [2.05, 4.69) is 10.3 Å². The minimum absolute atomic E-state index is 0.0878. The Kier molecular flexibility index (Phi) is 6.20. The van der Waals surface area contributed by atoms with Gasteiger partial charge < -0.3 is 19.7 Å². The summed E-state index contributed by atoms with van der Waals surface area (Å²) < 4.78 is 11.6. The molecule has 26 heavy (non-hydrogen) atoms. The molecule has 1 amide bonds. The van der Waals surface area contributed by atoms with Gasteiger partial charge in [-0.3, -0.25) is 4.79 Å². The molecular formula is C20H25N3O3. The molecule has 1 aromatic carbocycles. The van der Waals surface area contributed by atoms with Gasteiger partial charge in [-0.15, -0.1) is 0 Å². The second-order valence-corrected chi connectivity index (χ2v) is 6.55. The van der Waals surface area contributed by atoms with E-state index in [9.17, 15) is 4.79 Å². The van der Waals surface area contributed by atoms with Crippen LogP contribution < -0.4 is 10.2 Å². The molecule has 0 saturated carbocycles. The minimum atomic E-state index is -0.174. The number of pyridine rings is 1. The highest BCUT2D eigenvalue weighted by Crippen LogP contribution is 2.18. The number of rotatable bonds is 6. The molecule has 0 bridgehead atoms. The van der Waals surface area contributed by atoms with Crippen LogP contribution in [-0.2, 0) is 16.1 Å². The van der Waals surface area contributed by atoms with Gasteiger partial charge >= 0.3 is 0 Å². The molecule has 0 aliphatic carbocycles. The Hall–Kier alpha value is -2.44. The van der Waals surface area contributed by atoms with Crippen LogP contribution in [0.3, 0.4) is 0 Å². The van der Waals surface area contributed by atoms with E-state index in [0.717, 1.165) is 12.0 Å². The fourth-order valence-electron chi connectivity index (χ4n) is 3.00. The molecule has 2 heterocycles. The predicted molar refractivity (Wildman–Crippen MR) is 100 cm³/mol. The van der Waals surface area contributed by atoms with Gasteiger partial charge in [-0.25, -0.2) is 4.98 Å². The second-order valence-electron chi connectivity index (χ2n) is 6.55. The Morgan fingerprint density at radius 2 is 2.08 bits per heavy atom. The van der Waals surface area contributed by atoms with Gasteiger partial charge in [0.05, 0.1) is 24.8 Å². The first-order valence-corrected chi connectivity index (χ1v) is 8.81. The molecule has 138 valence electrons. The molecule has 3 rings (SSSR count). The van der Waals surface area contributed by atoms with E-state index in [0.29, 0.717) is 31.2 Å². The normalized spacial score (nSPS) is 19.8. The lowest BCUT2D eigenvalue weighted by Gasteiger charge is -2.32. The largest absolute Gasteiger partial charge is 0.379 e. The van der Waals surface area contributed by atoms with Gasteiger partial charge in [0.1, 0.15) is 11.9 Å². The molecule has 1 saturated heterocycles. The minimum Gasteiger partial charge on any atom is -0.379 e. The van der Waals surface area contributed by atoms with Crippen LogP contribution in [0.25, 0.3) is 0 Å². The van der Waals surface area contributed by atoms with Crippen LogP contribution in [0.2, 0.25) is 0 Å². The third-order valence-corrected chi connectivity index (χ3v) is 4.38. The summed E-state index contributed by atoms with van der Waals surface area (Å²) in [7, 11) is 3.75. The number of amides is 1. The van der Waals surface area contributed by atoms with Crippen LogP contribution in [-0.4, -0.2) is 50.3 Å². The summed E-state index contributed by atoms with van der Waals surface area (Å²) in [6, 6.07) is 13.5. The predicted octanol–water partition coefficient (Wildman–Crippen LogP) is 2.25. The van der Waals surface area contributed by atoms with Crippen LogP contribution in [0, 0.1) is 0 Å². The van der Waals surface area contributed by atoms with Gasteiger partial charge in [0.2, 0.25) is 0 Å². The van der Waals surface area contributed by atoms with Crippen LogP contribution in [0.15, 0.2) is 48.7 Å². The summed E-state index contributed by atoms with van der Waals surface area (Å²) in [5, 5.41) is 3.11. The zero-order valence-electron chi connectivity index (χ0n) is 15.2. The first-order chi connectivity index (χ1) is 12.6. The highest BCUT2D eigenvalue weighted by atomic mass is 16.5. The molecule has 0 spiro atoms. The van der Waals surface area contributed by atoms with Gasteiger partial charge in [0.25, 0.3) is 5.91 Å². The van der Waals surface area contributed by atoms with Gasteiger partial charge in [0.15, 0.2) is 0 Å². The number of hydrogen-bond acceptors (Lipinski definition) is 5. The Morgan fingerprint density at radius 3 is 2.85 bits per heavy atom. The molecule has 1 N–H and O–H groups in total. The van der Waals surface area contributed by atoms with Crippen molar-refractivity contribution in [3.63, 3.8) is 0 Å². The van der Waals surface area contributed by atoms with Crippen molar-refractivity contribution in [1.82, 2.24) is 10.3 Å². The zero-order chi connectivity index (χ0) is 18.4. The van der Waals surface area contributed by atoms with Crippen molar-refractivity contribution in [1.29, 1.82) is 0 Å². The van der Waals surface area contributed by atoms with Gasteiger partial charge in [0, 0.05) is 26.9 Å². The first kappa shape index (κ1) is 18.4. The van der Waals surface area contributed by atoms with Gasteiger partial charge in [-0.05, 0) is 24.1 Å². The van der Waals surface area contributed by atoms with E-state index >= 15 is 0 Å². The smallest absolute Gasteiger partial charge is 0.255 e. The van der Waals surface area contributed by atoms with E-state index in [1.807, 2.05) is 49.3 Å². The summed E-state index contributed by atoms with van der Waals surface area (Å²) in [6.07, 6.45) is 2.24. The lowest BCUT2D eigenvalue weighted by Crippen LogP contribution is -2.50. The molecule has 0 radical (unpaired) electrons. The number of carbonyl (C=O) groups is 1. The van der Waals surface area contributed by atoms with Crippen molar-refractivity contribution in [2.75, 3.05) is 32.2 Å². The Bertz CT molecular complexity index is 721. The van der Waals surface area contributed by atoms with Crippen molar-refractivity contribution >= 4 is 11.7 Å². The Labute approximate surface area is 154 Å². The van der Waals surface area contributed by atoms with Gasteiger partial charge in [-0.1, -0.05) is 30.3 Å². The molecular weight excluding hydrogens is 330 g/mol. The monoisotopic (exact) mass is 355 g/mol. The van der Waals surface area contributed by atoms with Crippen molar-refractivity contribution < 1.29 is 14.3 Å². The second kappa shape index (κ2) is 8.78. The number of ether oxygens (including phenoxy) is 2. The summed E-state index contributed by atoms with van der Waals surface area (Å²) >= 11 is 0. The highest BCUT2D eigenvalue weighted by Gasteiger charge is 2.29. The lowest BCUT2D eigenvalue weighted by molar-refractivity contribution is -0.0736. The van der Waals surface area contributed by atoms with Crippen LogP contribution in [0.4, 0.5) is 5.82 Å². The summed E-state index contributed by atoms with van der Waals surface area (Å²) in [6.45, 7) is 1.59. The summed E-state index contributed by atoms with van der Waals surface area (Å²) in [5.74, 6) is 0.515. The Morgan fingerprint density at radius 1 is 1.27 bits per heavy atom. The SMILES string of the molecule is CN(C)c1ncccc1C(=O)N[C@@H]1CCOC[C@H]1OCc1ccccc1. The molecule has 1 aliphatic rings. The fourth-order valence-corrected chi connectivity index (χ4v) is 3.00. The number of benzene rings is 1. The number of nitrogens with zero attached hydrogens (tertiary/aromatic N) is 2. The molecule has 2 aromatic rings. The quantitative estimate of drug-likeness (QED) is 0.861. The van der Waals surface area contributed by atoms with E-state index < -0.39 is 0 Å². The topological polar surface area (TPSA) is 63.7 Å². The third kappa shape index (κ3) is 4.59. The molecule has 2 atom stereocenters. The molecule has 1 aromatic heterocycles. The molecule has 0 unspecified atom stereocenters. The van der Waals surface area contributed by atoms with E-state index in [-0.39, 0.29) is 18.1 Å². The fraction of sp³-hybridized carbons (Fsp3) is 0.400. The Balaban J connectivity index is 1.65.